The van der Waals surface area contributed by atoms with Gasteiger partial charge in [0.05, 0.1) is 5.69 Å². The molecule has 2 rings (SSSR count). The lowest BCUT2D eigenvalue weighted by Crippen LogP contribution is -2.18. The van der Waals surface area contributed by atoms with E-state index in [-0.39, 0.29) is 17.8 Å². The van der Waals surface area contributed by atoms with Crippen LogP contribution in [0.15, 0.2) is 28.2 Å². The highest BCUT2D eigenvalue weighted by molar-refractivity contribution is 7.98. The van der Waals surface area contributed by atoms with E-state index in [1.807, 2.05) is 13.2 Å². The molecule has 0 unspecified atom stereocenters. The lowest BCUT2D eigenvalue weighted by Gasteiger charge is -2.10. The minimum Gasteiger partial charge on any atom is -0.301 e. The van der Waals surface area contributed by atoms with E-state index in [1.54, 1.807) is 12.1 Å². The standard InChI is InChI=1S/C14H14ClFN2OS/c1-3-8-12(17-14(20-2)18-13(8)19)7-9-10(15)5-4-6-11(9)16/h4-6H,3,7H2,1-2H3,(H,17,18,19). The molecule has 1 aromatic heterocycles. The topological polar surface area (TPSA) is 45.8 Å². The largest absolute Gasteiger partial charge is 0.301 e. The lowest BCUT2D eigenvalue weighted by molar-refractivity contribution is 0.612. The van der Waals surface area contributed by atoms with Gasteiger partial charge in [-0.15, -0.1) is 0 Å². The fourth-order valence-corrected chi connectivity index (χ4v) is 2.62. The highest BCUT2D eigenvalue weighted by Crippen LogP contribution is 2.23. The molecule has 0 atom stereocenters. The van der Waals surface area contributed by atoms with Crippen LogP contribution in [0.2, 0.25) is 5.02 Å². The molecule has 0 spiro atoms. The van der Waals surface area contributed by atoms with Gasteiger partial charge in [-0.2, -0.15) is 0 Å². The molecular formula is C14H14ClFN2OS. The van der Waals surface area contributed by atoms with E-state index in [0.717, 1.165) is 0 Å². The molecule has 0 saturated carbocycles. The fourth-order valence-electron chi connectivity index (χ4n) is 2.00. The van der Waals surface area contributed by atoms with Gasteiger partial charge >= 0.3 is 0 Å². The zero-order chi connectivity index (χ0) is 14.7. The van der Waals surface area contributed by atoms with Crippen LogP contribution in [0.5, 0.6) is 0 Å². The summed E-state index contributed by atoms with van der Waals surface area (Å²) in [7, 11) is 0. The van der Waals surface area contributed by atoms with E-state index in [2.05, 4.69) is 9.97 Å². The monoisotopic (exact) mass is 312 g/mol. The number of H-pyrrole nitrogens is 1. The number of rotatable bonds is 4. The van der Waals surface area contributed by atoms with Crippen LogP contribution < -0.4 is 5.56 Å². The Hall–Kier alpha value is -1.33. The maximum Gasteiger partial charge on any atom is 0.254 e. The first-order valence-corrected chi connectivity index (χ1v) is 7.76. The van der Waals surface area contributed by atoms with Crippen molar-refractivity contribution in [3.63, 3.8) is 0 Å². The number of nitrogens with zero attached hydrogens (tertiary/aromatic N) is 1. The number of benzene rings is 1. The van der Waals surface area contributed by atoms with Crippen LogP contribution in [0.4, 0.5) is 4.39 Å². The smallest absolute Gasteiger partial charge is 0.254 e. The SMILES string of the molecule is CCc1c(Cc2c(F)cccc2Cl)nc(SC)[nH]c1=O. The van der Waals surface area contributed by atoms with Crippen molar-refractivity contribution in [2.45, 2.75) is 24.9 Å². The highest BCUT2D eigenvalue weighted by atomic mass is 35.5. The highest BCUT2D eigenvalue weighted by Gasteiger charge is 2.14. The van der Waals surface area contributed by atoms with Crippen molar-refractivity contribution in [2.75, 3.05) is 6.26 Å². The summed E-state index contributed by atoms with van der Waals surface area (Å²) in [5.41, 5.74) is 1.35. The predicted molar refractivity (Wildman–Crippen MR) is 80.2 cm³/mol. The average molecular weight is 313 g/mol. The molecule has 3 nitrogen and oxygen atoms in total. The molecule has 6 heteroatoms. The van der Waals surface area contributed by atoms with E-state index in [4.69, 9.17) is 11.6 Å². The van der Waals surface area contributed by atoms with Crippen molar-refractivity contribution >= 4 is 23.4 Å². The van der Waals surface area contributed by atoms with Gasteiger partial charge in [-0.3, -0.25) is 4.79 Å². The molecule has 0 aliphatic carbocycles. The molecular weight excluding hydrogens is 299 g/mol. The second-order valence-electron chi connectivity index (χ2n) is 4.23. The van der Waals surface area contributed by atoms with E-state index in [1.165, 1.54) is 17.8 Å². The summed E-state index contributed by atoms with van der Waals surface area (Å²) < 4.78 is 13.9. The summed E-state index contributed by atoms with van der Waals surface area (Å²) in [6.07, 6.45) is 2.58. The first kappa shape index (κ1) is 15.1. The van der Waals surface area contributed by atoms with Gasteiger partial charge < -0.3 is 4.98 Å². The number of hydrogen-bond acceptors (Lipinski definition) is 3. The van der Waals surface area contributed by atoms with Crippen LogP contribution in [0.25, 0.3) is 0 Å². The summed E-state index contributed by atoms with van der Waals surface area (Å²) >= 11 is 7.37. The number of aromatic nitrogens is 2. The molecule has 0 bridgehead atoms. The minimum atomic E-state index is -0.382. The molecule has 0 aliphatic rings. The van der Waals surface area contributed by atoms with Gasteiger partial charge in [-0.25, -0.2) is 9.37 Å². The second-order valence-corrected chi connectivity index (χ2v) is 5.43. The number of aromatic amines is 1. The quantitative estimate of drug-likeness (QED) is 0.695. The average Bonchev–Trinajstić information content (AvgIpc) is 2.42. The third-order valence-corrected chi connectivity index (χ3v) is 3.97. The van der Waals surface area contributed by atoms with Gasteiger partial charge in [-0.1, -0.05) is 36.4 Å². The fraction of sp³-hybridized carbons (Fsp3) is 0.286. The van der Waals surface area contributed by atoms with Crippen molar-refractivity contribution in [2.24, 2.45) is 0 Å². The van der Waals surface area contributed by atoms with Gasteiger partial charge in [-0.05, 0) is 24.8 Å². The van der Waals surface area contributed by atoms with Crippen molar-refractivity contribution in [3.05, 3.63) is 56.2 Å². The van der Waals surface area contributed by atoms with Crippen LogP contribution in [-0.4, -0.2) is 16.2 Å². The van der Waals surface area contributed by atoms with Crippen molar-refractivity contribution in [1.82, 2.24) is 9.97 Å². The van der Waals surface area contributed by atoms with E-state index < -0.39 is 0 Å². The number of thioether (sulfide) groups is 1. The lowest BCUT2D eigenvalue weighted by atomic mass is 10.0. The zero-order valence-corrected chi connectivity index (χ0v) is 12.7. The van der Waals surface area contributed by atoms with Crippen LogP contribution in [0, 0.1) is 5.82 Å². The molecule has 1 heterocycles. The van der Waals surface area contributed by atoms with Crippen molar-refractivity contribution in [1.29, 1.82) is 0 Å². The number of halogens is 2. The summed E-state index contributed by atoms with van der Waals surface area (Å²) in [6, 6.07) is 4.55. The Morgan fingerprint density at radius 1 is 1.40 bits per heavy atom. The third-order valence-electron chi connectivity index (χ3n) is 3.03. The Labute approximate surface area is 125 Å². The molecule has 20 heavy (non-hydrogen) atoms. The number of nitrogens with one attached hydrogen (secondary N) is 1. The summed E-state index contributed by atoms with van der Waals surface area (Å²) in [5, 5.41) is 0.870. The number of hydrogen-bond donors (Lipinski definition) is 1. The first-order chi connectivity index (χ1) is 9.56. The Balaban J connectivity index is 2.52. The van der Waals surface area contributed by atoms with Gasteiger partial charge in [0, 0.05) is 22.6 Å². The van der Waals surface area contributed by atoms with Gasteiger partial charge in [0.1, 0.15) is 5.82 Å². The van der Waals surface area contributed by atoms with Crippen molar-refractivity contribution < 1.29 is 4.39 Å². The minimum absolute atomic E-state index is 0.172. The van der Waals surface area contributed by atoms with E-state index in [0.29, 0.717) is 33.4 Å². The molecule has 1 N–H and O–H groups in total. The second kappa shape index (κ2) is 6.41. The zero-order valence-electron chi connectivity index (χ0n) is 11.2. The van der Waals surface area contributed by atoms with Crippen LogP contribution >= 0.6 is 23.4 Å². The van der Waals surface area contributed by atoms with Crippen LogP contribution in [0.1, 0.15) is 23.7 Å². The predicted octanol–water partition coefficient (Wildman–Crippen LogP) is 3.44. The molecule has 0 radical (unpaired) electrons. The van der Waals surface area contributed by atoms with E-state index >= 15 is 0 Å². The summed E-state index contributed by atoms with van der Waals surface area (Å²) in [6.45, 7) is 1.87. The van der Waals surface area contributed by atoms with Crippen LogP contribution in [0.3, 0.4) is 0 Å². The Morgan fingerprint density at radius 3 is 2.75 bits per heavy atom. The Morgan fingerprint density at radius 2 is 2.15 bits per heavy atom. The van der Waals surface area contributed by atoms with Gasteiger partial charge in [0.25, 0.3) is 5.56 Å². The Kier molecular flexibility index (Phi) is 4.83. The third kappa shape index (κ3) is 3.04. The summed E-state index contributed by atoms with van der Waals surface area (Å²) in [4.78, 5) is 19.1. The van der Waals surface area contributed by atoms with Crippen molar-refractivity contribution in [3.8, 4) is 0 Å². The van der Waals surface area contributed by atoms with Gasteiger partial charge in [0.15, 0.2) is 5.16 Å². The van der Waals surface area contributed by atoms with E-state index in [9.17, 15) is 9.18 Å². The maximum atomic E-state index is 13.9. The molecule has 0 saturated heterocycles. The first-order valence-electron chi connectivity index (χ1n) is 6.15. The molecule has 0 fully saturated rings. The molecule has 0 aliphatic heterocycles. The molecule has 1 aromatic carbocycles. The maximum absolute atomic E-state index is 13.9. The summed E-state index contributed by atoms with van der Waals surface area (Å²) in [5.74, 6) is -0.382. The van der Waals surface area contributed by atoms with Crippen LogP contribution in [-0.2, 0) is 12.8 Å². The normalized spacial score (nSPS) is 10.8. The molecule has 2 aromatic rings. The van der Waals surface area contributed by atoms with Gasteiger partial charge in [0.2, 0.25) is 0 Å². The Bertz CT molecular complexity index is 667. The molecule has 0 amide bonds. The molecule has 106 valence electrons.